The van der Waals surface area contributed by atoms with Gasteiger partial charge in [-0.25, -0.2) is 9.59 Å². The van der Waals surface area contributed by atoms with Crippen LogP contribution in [0.4, 0.5) is 0 Å². The first-order valence-corrected chi connectivity index (χ1v) is 7.59. The molecular weight excluding hydrogens is 300 g/mol. The van der Waals surface area contributed by atoms with Gasteiger partial charge in [0.1, 0.15) is 0 Å². The number of carbonyl (C=O) groups is 3. The van der Waals surface area contributed by atoms with Gasteiger partial charge < -0.3 is 14.9 Å². The zero-order valence-corrected chi connectivity index (χ0v) is 13.3. The fraction of sp³-hybridized carbons (Fsp3) is 0.471. The molecule has 6 nitrogen and oxygen atoms in total. The number of carboxylic acid groups (broad SMARTS) is 2. The molecule has 0 bridgehead atoms. The molecule has 2 atom stereocenters. The molecule has 0 amide bonds. The Morgan fingerprint density at radius 1 is 1.09 bits per heavy atom. The first kappa shape index (κ1) is 18.7. The largest absolute Gasteiger partial charge is 0.481 e. The minimum atomic E-state index is -1.18. The predicted octanol–water partition coefficient (Wildman–Crippen LogP) is 3.07. The Kier molecular flexibility index (Phi) is 7.25. The zero-order chi connectivity index (χ0) is 17.4. The maximum Gasteiger partial charge on any atom is 0.339 e. The summed E-state index contributed by atoms with van der Waals surface area (Å²) in [6.07, 6.45) is 1.90. The topological polar surface area (TPSA) is 101 Å². The Balaban J connectivity index is 2.60. The van der Waals surface area contributed by atoms with Crippen molar-refractivity contribution >= 4 is 17.9 Å². The standard InChI is InChI=1S/C17H22O6/c1-3-12(9-8-11(2)15(18)19)10-23-17(22)14-7-5-4-6-13(14)16(20)21/h4-7,11-12H,3,8-10H2,1-2H3,(H,18,19)(H,20,21). The summed E-state index contributed by atoms with van der Waals surface area (Å²) < 4.78 is 5.22. The first-order valence-electron chi connectivity index (χ1n) is 7.59. The van der Waals surface area contributed by atoms with Crippen molar-refractivity contribution in [1.29, 1.82) is 0 Å². The van der Waals surface area contributed by atoms with Crippen LogP contribution in [0.3, 0.4) is 0 Å². The molecular formula is C17H22O6. The van der Waals surface area contributed by atoms with E-state index in [1.165, 1.54) is 12.1 Å². The molecule has 1 aromatic carbocycles. The highest BCUT2D eigenvalue weighted by Crippen LogP contribution is 2.18. The van der Waals surface area contributed by atoms with Gasteiger partial charge >= 0.3 is 17.9 Å². The van der Waals surface area contributed by atoms with Gasteiger partial charge in [-0.1, -0.05) is 32.4 Å². The predicted molar refractivity (Wildman–Crippen MR) is 83.5 cm³/mol. The highest BCUT2D eigenvalue weighted by atomic mass is 16.5. The lowest BCUT2D eigenvalue weighted by atomic mass is 9.95. The van der Waals surface area contributed by atoms with E-state index >= 15 is 0 Å². The van der Waals surface area contributed by atoms with Crippen LogP contribution in [-0.4, -0.2) is 34.7 Å². The van der Waals surface area contributed by atoms with E-state index in [1.807, 2.05) is 6.92 Å². The third-order valence-electron chi connectivity index (χ3n) is 3.83. The van der Waals surface area contributed by atoms with E-state index in [9.17, 15) is 14.4 Å². The summed E-state index contributed by atoms with van der Waals surface area (Å²) in [5.41, 5.74) is -0.0706. The number of carboxylic acids is 2. The Labute approximate surface area is 135 Å². The summed E-state index contributed by atoms with van der Waals surface area (Å²) in [5, 5.41) is 17.9. The maximum atomic E-state index is 12.1. The molecule has 23 heavy (non-hydrogen) atoms. The summed E-state index contributed by atoms with van der Waals surface area (Å²) >= 11 is 0. The van der Waals surface area contributed by atoms with E-state index in [1.54, 1.807) is 19.1 Å². The van der Waals surface area contributed by atoms with Crippen molar-refractivity contribution in [2.75, 3.05) is 6.61 Å². The summed E-state index contributed by atoms with van der Waals surface area (Å²) in [6.45, 7) is 3.73. The van der Waals surface area contributed by atoms with Crippen LogP contribution in [-0.2, 0) is 9.53 Å². The molecule has 0 fully saturated rings. The van der Waals surface area contributed by atoms with E-state index in [-0.39, 0.29) is 23.7 Å². The van der Waals surface area contributed by atoms with Gasteiger partial charge in [0.25, 0.3) is 0 Å². The van der Waals surface area contributed by atoms with Gasteiger partial charge in [0.2, 0.25) is 0 Å². The van der Waals surface area contributed by atoms with E-state index in [0.29, 0.717) is 12.8 Å². The Hall–Kier alpha value is -2.37. The number of benzene rings is 1. The quantitative estimate of drug-likeness (QED) is 0.678. The van der Waals surface area contributed by atoms with Crippen molar-refractivity contribution in [2.45, 2.75) is 33.1 Å². The molecule has 0 aliphatic carbocycles. The fourth-order valence-corrected chi connectivity index (χ4v) is 2.13. The third-order valence-corrected chi connectivity index (χ3v) is 3.83. The first-order chi connectivity index (χ1) is 10.9. The number of aromatic carboxylic acids is 1. The van der Waals surface area contributed by atoms with Gasteiger partial charge in [-0.3, -0.25) is 4.79 Å². The van der Waals surface area contributed by atoms with E-state index in [4.69, 9.17) is 14.9 Å². The monoisotopic (exact) mass is 322 g/mol. The van der Waals surface area contributed by atoms with Gasteiger partial charge in [-0.15, -0.1) is 0 Å². The average Bonchev–Trinajstić information content (AvgIpc) is 2.54. The smallest absolute Gasteiger partial charge is 0.339 e. The summed E-state index contributed by atoms with van der Waals surface area (Å²) in [5.74, 6) is -3.08. The lowest BCUT2D eigenvalue weighted by Gasteiger charge is -2.16. The summed E-state index contributed by atoms with van der Waals surface area (Å²) in [6, 6.07) is 5.89. The van der Waals surface area contributed by atoms with Gasteiger partial charge in [-0.2, -0.15) is 0 Å². The molecule has 126 valence electrons. The number of esters is 1. The van der Waals surface area contributed by atoms with Gasteiger partial charge in [0, 0.05) is 0 Å². The van der Waals surface area contributed by atoms with E-state index in [0.717, 1.165) is 6.42 Å². The SMILES string of the molecule is CCC(CCC(C)C(=O)O)COC(=O)c1ccccc1C(=O)O. The molecule has 1 rings (SSSR count). The molecule has 0 radical (unpaired) electrons. The van der Waals surface area contributed by atoms with Gasteiger partial charge in [-0.05, 0) is 30.9 Å². The van der Waals surface area contributed by atoms with Crippen molar-refractivity contribution < 1.29 is 29.3 Å². The number of hydrogen-bond acceptors (Lipinski definition) is 4. The minimum absolute atomic E-state index is 0.0220. The molecule has 6 heteroatoms. The molecule has 0 saturated heterocycles. The van der Waals surface area contributed by atoms with Crippen LogP contribution in [0.2, 0.25) is 0 Å². The number of rotatable bonds is 9. The molecule has 0 aliphatic heterocycles. The second kappa shape index (κ2) is 8.92. The van der Waals surface area contributed by atoms with Crippen LogP contribution in [0.15, 0.2) is 24.3 Å². The van der Waals surface area contributed by atoms with Crippen LogP contribution >= 0.6 is 0 Å². The lowest BCUT2D eigenvalue weighted by molar-refractivity contribution is -0.141. The fourth-order valence-electron chi connectivity index (χ4n) is 2.13. The summed E-state index contributed by atoms with van der Waals surface area (Å²) in [7, 11) is 0. The normalized spacial score (nSPS) is 13.1. The molecule has 0 aliphatic rings. The molecule has 0 heterocycles. The lowest BCUT2D eigenvalue weighted by Crippen LogP contribution is -2.18. The molecule has 0 saturated carbocycles. The van der Waals surface area contributed by atoms with Gasteiger partial charge in [0.05, 0.1) is 23.7 Å². The van der Waals surface area contributed by atoms with Crippen molar-refractivity contribution in [1.82, 2.24) is 0 Å². The Morgan fingerprint density at radius 3 is 2.22 bits per heavy atom. The minimum Gasteiger partial charge on any atom is -0.481 e. The van der Waals surface area contributed by atoms with Crippen LogP contribution in [0.25, 0.3) is 0 Å². The number of carbonyl (C=O) groups excluding carboxylic acids is 1. The summed E-state index contributed by atoms with van der Waals surface area (Å²) in [4.78, 5) is 34.0. The Morgan fingerprint density at radius 2 is 1.70 bits per heavy atom. The molecule has 2 N–H and O–H groups in total. The van der Waals surface area contributed by atoms with Crippen LogP contribution in [0.1, 0.15) is 53.8 Å². The van der Waals surface area contributed by atoms with Crippen molar-refractivity contribution in [2.24, 2.45) is 11.8 Å². The highest BCUT2D eigenvalue weighted by Gasteiger charge is 2.19. The van der Waals surface area contributed by atoms with Gasteiger partial charge in [0.15, 0.2) is 0 Å². The van der Waals surface area contributed by atoms with E-state index < -0.39 is 23.8 Å². The third kappa shape index (κ3) is 5.73. The molecule has 0 aromatic heterocycles. The van der Waals surface area contributed by atoms with E-state index in [2.05, 4.69) is 0 Å². The number of aliphatic carboxylic acids is 1. The average molecular weight is 322 g/mol. The number of hydrogen-bond donors (Lipinski definition) is 2. The Bertz CT molecular complexity index is 566. The zero-order valence-electron chi connectivity index (χ0n) is 13.3. The van der Waals surface area contributed by atoms with Crippen LogP contribution in [0, 0.1) is 11.8 Å². The molecule has 2 unspecified atom stereocenters. The van der Waals surface area contributed by atoms with Crippen molar-refractivity contribution in [3.63, 3.8) is 0 Å². The molecule has 1 aromatic rings. The second-order valence-electron chi connectivity index (χ2n) is 5.54. The van der Waals surface area contributed by atoms with Crippen molar-refractivity contribution in [3.8, 4) is 0 Å². The molecule has 0 spiro atoms. The van der Waals surface area contributed by atoms with Crippen LogP contribution < -0.4 is 0 Å². The number of ether oxygens (including phenoxy) is 1. The van der Waals surface area contributed by atoms with Crippen molar-refractivity contribution in [3.05, 3.63) is 35.4 Å². The second-order valence-corrected chi connectivity index (χ2v) is 5.54. The highest BCUT2D eigenvalue weighted by molar-refractivity contribution is 6.02. The maximum absolute atomic E-state index is 12.1. The van der Waals surface area contributed by atoms with Crippen LogP contribution in [0.5, 0.6) is 0 Å².